The standard InChI is InChI=1S/C24H25N3O3S/c1-15-8-9-18(11-16(15)2)30-14-21(28)27-24-22(19-6-3-7-20(19)31-24)23(29)26-13-17-5-4-10-25-12-17/h4-5,8-12H,3,6-7,13-14H2,1-2H3,(H,26,29)(H,27,28). The minimum atomic E-state index is -0.278. The molecule has 0 aliphatic heterocycles. The number of pyridine rings is 1. The third kappa shape index (κ3) is 4.94. The first kappa shape index (κ1) is 21.1. The van der Waals surface area contributed by atoms with Gasteiger partial charge in [-0.2, -0.15) is 0 Å². The fourth-order valence-corrected chi connectivity index (χ4v) is 4.92. The lowest BCUT2D eigenvalue weighted by molar-refractivity contribution is -0.118. The van der Waals surface area contributed by atoms with Crippen LogP contribution in [0.3, 0.4) is 0 Å². The van der Waals surface area contributed by atoms with Crippen molar-refractivity contribution >= 4 is 28.2 Å². The number of nitrogens with one attached hydrogen (secondary N) is 2. The van der Waals surface area contributed by atoms with E-state index >= 15 is 0 Å². The van der Waals surface area contributed by atoms with Crippen molar-refractivity contribution in [1.29, 1.82) is 0 Å². The molecule has 1 aliphatic carbocycles. The third-order valence-corrected chi connectivity index (χ3v) is 6.63. The molecule has 0 radical (unpaired) electrons. The summed E-state index contributed by atoms with van der Waals surface area (Å²) in [7, 11) is 0. The summed E-state index contributed by atoms with van der Waals surface area (Å²) in [5.41, 5.74) is 4.85. The molecule has 0 unspecified atom stereocenters. The number of thiophene rings is 1. The Labute approximate surface area is 185 Å². The van der Waals surface area contributed by atoms with Gasteiger partial charge in [0.05, 0.1) is 5.56 Å². The third-order valence-electron chi connectivity index (χ3n) is 5.43. The van der Waals surface area contributed by atoms with Crippen LogP contribution in [-0.2, 0) is 24.2 Å². The van der Waals surface area contributed by atoms with Gasteiger partial charge < -0.3 is 15.4 Å². The summed E-state index contributed by atoms with van der Waals surface area (Å²) in [4.78, 5) is 30.8. The van der Waals surface area contributed by atoms with Crippen LogP contribution in [0.2, 0.25) is 0 Å². The van der Waals surface area contributed by atoms with E-state index in [0.29, 0.717) is 22.9 Å². The smallest absolute Gasteiger partial charge is 0.262 e. The van der Waals surface area contributed by atoms with Gasteiger partial charge in [0.1, 0.15) is 10.8 Å². The number of aromatic nitrogens is 1. The summed E-state index contributed by atoms with van der Waals surface area (Å²) in [5.74, 6) is 0.203. The van der Waals surface area contributed by atoms with E-state index < -0.39 is 0 Å². The van der Waals surface area contributed by atoms with Crippen LogP contribution in [0.1, 0.15) is 43.9 Å². The molecule has 0 spiro atoms. The van der Waals surface area contributed by atoms with Crippen LogP contribution < -0.4 is 15.4 Å². The normalized spacial score (nSPS) is 12.3. The Morgan fingerprint density at radius 3 is 2.81 bits per heavy atom. The Morgan fingerprint density at radius 1 is 1.16 bits per heavy atom. The number of benzene rings is 1. The molecule has 1 aliphatic rings. The molecule has 31 heavy (non-hydrogen) atoms. The first-order valence-electron chi connectivity index (χ1n) is 10.3. The van der Waals surface area contributed by atoms with Gasteiger partial charge in [-0.3, -0.25) is 14.6 Å². The molecule has 2 aromatic heterocycles. The van der Waals surface area contributed by atoms with Crippen molar-refractivity contribution in [3.05, 3.63) is 75.4 Å². The molecule has 7 heteroatoms. The Hall–Kier alpha value is -3.19. The fourth-order valence-electron chi connectivity index (χ4n) is 3.62. The molecule has 1 aromatic carbocycles. The first-order valence-corrected chi connectivity index (χ1v) is 11.1. The number of ether oxygens (including phenoxy) is 1. The van der Waals surface area contributed by atoms with E-state index in [2.05, 4.69) is 15.6 Å². The van der Waals surface area contributed by atoms with Crippen LogP contribution in [0.5, 0.6) is 5.75 Å². The average molecular weight is 436 g/mol. The van der Waals surface area contributed by atoms with E-state index in [-0.39, 0.29) is 18.4 Å². The molecule has 0 saturated heterocycles. The van der Waals surface area contributed by atoms with Crippen molar-refractivity contribution in [2.24, 2.45) is 0 Å². The van der Waals surface area contributed by atoms with E-state index in [1.807, 2.05) is 44.2 Å². The molecule has 160 valence electrons. The second-order valence-corrected chi connectivity index (χ2v) is 8.79. The van der Waals surface area contributed by atoms with Crippen molar-refractivity contribution < 1.29 is 14.3 Å². The zero-order valence-corrected chi connectivity index (χ0v) is 18.5. The van der Waals surface area contributed by atoms with Crippen molar-refractivity contribution in [2.75, 3.05) is 11.9 Å². The van der Waals surface area contributed by atoms with Crippen molar-refractivity contribution in [3.8, 4) is 5.75 Å². The lowest BCUT2D eigenvalue weighted by atomic mass is 10.1. The molecule has 2 heterocycles. The molecular weight excluding hydrogens is 410 g/mol. The number of rotatable bonds is 7. The molecule has 0 saturated carbocycles. The number of amides is 2. The molecule has 0 atom stereocenters. The van der Waals surface area contributed by atoms with Crippen LogP contribution in [0.25, 0.3) is 0 Å². The minimum absolute atomic E-state index is 0.109. The molecular formula is C24H25N3O3S. The largest absolute Gasteiger partial charge is 0.484 e. The Morgan fingerprint density at radius 2 is 2.03 bits per heavy atom. The predicted molar refractivity (Wildman–Crippen MR) is 122 cm³/mol. The van der Waals surface area contributed by atoms with E-state index in [1.54, 1.807) is 12.4 Å². The lowest BCUT2D eigenvalue weighted by Gasteiger charge is -2.11. The van der Waals surface area contributed by atoms with Crippen LogP contribution in [-0.4, -0.2) is 23.4 Å². The SMILES string of the molecule is Cc1ccc(OCC(=O)Nc2sc3c(c2C(=O)NCc2cccnc2)CCC3)cc1C. The number of hydrogen-bond acceptors (Lipinski definition) is 5. The minimum Gasteiger partial charge on any atom is -0.484 e. The first-order chi connectivity index (χ1) is 15.0. The highest BCUT2D eigenvalue weighted by Gasteiger charge is 2.27. The number of anilines is 1. The summed E-state index contributed by atoms with van der Waals surface area (Å²) in [5, 5.41) is 6.46. The quantitative estimate of drug-likeness (QED) is 0.583. The van der Waals surface area contributed by atoms with Gasteiger partial charge in [-0.05, 0) is 73.6 Å². The second kappa shape index (κ2) is 9.31. The van der Waals surface area contributed by atoms with E-state index in [9.17, 15) is 9.59 Å². The number of aryl methyl sites for hydroxylation is 3. The highest BCUT2D eigenvalue weighted by Crippen LogP contribution is 2.39. The molecule has 2 amide bonds. The van der Waals surface area contributed by atoms with Gasteiger partial charge in [0.25, 0.3) is 11.8 Å². The topological polar surface area (TPSA) is 80.3 Å². The number of fused-ring (bicyclic) bond motifs is 1. The maximum Gasteiger partial charge on any atom is 0.262 e. The molecule has 6 nitrogen and oxygen atoms in total. The van der Waals surface area contributed by atoms with Crippen LogP contribution in [0.4, 0.5) is 5.00 Å². The summed E-state index contributed by atoms with van der Waals surface area (Å²) in [6.45, 7) is 4.32. The Kier molecular flexibility index (Phi) is 6.32. The predicted octanol–water partition coefficient (Wildman–Crippen LogP) is 4.20. The van der Waals surface area contributed by atoms with Crippen molar-refractivity contribution in [2.45, 2.75) is 39.7 Å². The van der Waals surface area contributed by atoms with Gasteiger partial charge in [-0.1, -0.05) is 12.1 Å². The van der Waals surface area contributed by atoms with Crippen molar-refractivity contribution in [1.82, 2.24) is 10.3 Å². The number of carbonyl (C=O) groups excluding carboxylic acids is 2. The zero-order valence-electron chi connectivity index (χ0n) is 17.7. The van der Waals surface area contributed by atoms with E-state index in [1.165, 1.54) is 21.8 Å². The molecule has 4 rings (SSSR count). The van der Waals surface area contributed by atoms with Crippen molar-refractivity contribution in [3.63, 3.8) is 0 Å². The molecule has 0 bridgehead atoms. The zero-order chi connectivity index (χ0) is 21.8. The fraction of sp³-hybridized carbons (Fsp3) is 0.292. The van der Waals surface area contributed by atoms with Gasteiger partial charge in [-0.25, -0.2) is 0 Å². The Bertz CT molecular complexity index is 1110. The number of hydrogen-bond donors (Lipinski definition) is 2. The van der Waals surface area contributed by atoms with E-state index in [4.69, 9.17) is 4.74 Å². The number of nitrogens with zero attached hydrogens (tertiary/aromatic N) is 1. The lowest BCUT2D eigenvalue weighted by Crippen LogP contribution is -2.26. The molecule has 3 aromatic rings. The van der Waals surface area contributed by atoms with Crippen LogP contribution in [0, 0.1) is 13.8 Å². The molecule has 2 N–H and O–H groups in total. The maximum atomic E-state index is 13.0. The number of carbonyl (C=O) groups is 2. The van der Waals surface area contributed by atoms with E-state index in [0.717, 1.165) is 36.0 Å². The van der Waals surface area contributed by atoms with Gasteiger partial charge in [0, 0.05) is 23.8 Å². The average Bonchev–Trinajstić information content (AvgIpc) is 3.34. The van der Waals surface area contributed by atoms with Crippen LogP contribution >= 0.6 is 11.3 Å². The van der Waals surface area contributed by atoms with Gasteiger partial charge in [0.2, 0.25) is 0 Å². The summed E-state index contributed by atoms with van der Waals surface area (Å²) in [6, 6.07) is 9.49. The molecule has 0 fully saturated rings. The van der Waals surface area contributed by atoms with Gasteiger partial charge in [0.15, 0.2) is 6.61 Å². The Balaban J connectivity index is 1.43. The summed E-state index contributed by atoms with van der Waals surface area (Å²) in [6.07, 6.45) is 6.26. The van der Waals surface area contributed by atoms with Crippen LogP contribution in [0.15, 0.2) is 42.7 Å². The van der Waals surface area contributed by atoms with Gasteiger partial charge >= 0.3 is 0 Å². The highest BCUT2D eigenvalue weighted by atomic mass is 32.1. The second-order valence-electron chi connectivity index (χ2n) is 7.69. The summed E-state index contributed by atoms with van der Waals surface area (Å²) < 4.78 is 5.64. The monoisotopic (exact) mass is 435 g/mol. The summed E-state index contributed by atoms with van der Waals surface area (Å²) >= 11 is 1.49. The highest BCUT2D eigenvalue weighted by molar-refractivity contribution is 7.17. The van der Waals surface area contributed by atoms with Gasteiger partial charge in [-0.15, -0.1) is 11.3 Å². The maximum absolute atomic E-state index is 13.0.